The van der Waals surface area contributed by atoms with Gasteiger partial charge in [0.15, 0.2) is 0 Å². The third-order valence-corrected chi connectivity index (χ3v) is 2.37. The van der Waals surface area contributed by atoms with Gasteiger partial charge in [0, 0.05) is 6.54 Å². The Morgan fingerprint density at radius 2 is 2.10 bits per heavy atom. The molecule has 20 heavy (non-hydrogen) atoms. The van der Waals surface area contributed by atoms with Crippen LogP contribution in [0.1, 0.15) is 12.6 Å². The van der Waals surface area contributed by atoms with Crippen LogP contribution < -0.4 is 5.32 Å². The summed E-state index contributed by atoms with van der Waals surface area (Å²) in [5.74, 6) is 0. The van der Waals surface area contributed by atoms with E-state index in [9.17, 15) is 28.4 Å². The summed E-state index contributed by atoms with van der Waals surface area (Å²) in [7, 11) is 0. The maximum absolute atomic E-state index is 12.5. The molecule has 1 rings (SSSR count). The van der Waals surface area contributed by atoms with Crippen molar-refractivity contribution in [2.45, 2.75) is 18.7 Å². The molecule has 1 heterocycles. The molecular weight excluding hydrogens is 283 g/mol. The molecule has 0 saturated carbocycles. The molecule has 7 nitrogen and oxygen atoms in total. The molecule has 3 N–H and O–H groups in total. The summed E-state index contributed by atoms with van der Waals surface area (Å²) in [6.45, 7) is 0.189. The SMILES string of the molecule is CC(O)(CO)CNc1cc(C(F)(F)F)ncc1[N+](=O)[O-]. The fourth-order valence-electron chi connectivity index (χ4n) is 1.23. The minimum atomic E-state index is -4.74. The van der Waals surface area contributed by atoms with Gasteiger partial charge in [-0.15, -0.1) is 0 Å². The minimum absolute atomic E-state index is 0.369. The molecule has 0 aliphatic rings. The predicted molar refractivity (Wildman–Crippen MR) is 62.1 cm³/mol. The molecule has 0 aliphatic heterocycles. The number of aromatic nitrogens is 1. The minimum Gasteiger partial charge on any atom is -0.393 e. The maximum atomic E-state index is 12.5. The second-order valence-electron chi connectivity index (χ2n) is 4.35. The van der Waals surface area contributed by atoms with E-state index in [1.54, 1.807) is 0 Å². The summed E-state index contributed by atoms with van der Waals surface area (Å²) in [6, 6.07) is 0.478. The Morgan fingerprint density at radius 1 is 1.50 bits per heavy atom. The number of alkyl halides is 3. The molecule has 1 atom stereocenters. The van der Waals surface area contributed by atoms with Crippen molar-refractivity contribution in [1.82, 2.24) is 4.98 Å². The van der Waals surface area contributed by atoms with Gasteiger partial charge < -0.3 is 15.5 Å². The van der Waals surface area contributed by atoms with Crippen LogP contribution in [-0.4, -0.2) is 38.9 Å². The summed E-state index contributed by atoms with van der Waals surface area (Å²) in [6.07, 6.45) is -4.26. The first-order valence-corrected chi connectivity index (χ1v) is 5.35. The van der Waals surface area contributed by atoms with Crippen molar-refractivity contribution >= 4 is 11.4 Å². The van der Waals surface area contributed by atoms with Gasteiger partial charge in [0.1, 0.15) is 23.2 Å². The van der Waals surface area contributed by atoms with E-state index in [0.29, 0.717) is 12.3 Å². The highest BCUT2D eigenvalue weighted by atomic mass is 19.4. The lowest BCUT2D eigenvalue weighted by Gasteiger charge is -2.21. The number of rotatable bonds is 5. The van der Waals surface area contributed by atoms with Crippen LogP contribution in [0.5, 0.6) is 0 Å². The zero-order valence-electron chi connectivity index (χ0n) is 10.3. The third kappa shape index (κ3) is 4.03. The highest BCUT2D eigenvalue weighted by molar-refractivity contribution is 5.61. The largest absolute Gasteiger partial charge is 0.433 e. The Hall–Kier alpha value is -1.94. The summed E-state index contributed by atoms with van der Waals surface area (Å²) < 4.78 is 37.5. The first kappa shape index (κ1) is 16.1. The van der Waals surface area contributed by atoms with Gasteiger partial charge in [0.25, 0.3) is 0 Å². The number of aliphatic hydroxyl groups excluding tert-OH is 1. The van der Waals surface area contributed by atoms with E-state index in [0.717, 1.165) is 0 Å². The van der Waals surface area contributed by atoms with Gasteiger partial charge in [-0.05, 0) is 13.0 Å². The highest BCUT2D eigenvalue weighted by Crippen LogP contribution is 2.33. The Labute approximate surface area is 111 Å². The highest BCUT2D eigenvalue weighted by Gasteiger charge is 2.34. The van der Waals surface area contributed by atoms with Gasteiger partial charge in [-0.1, -0.05) is 0 Å². The molecule has 1 unspecified atom stereocenters. The standard InChI is InChI=1S/C10H12F3N3O4/c1-9(18,5-17)4-15-6-2-8(10(11,12)13)14-3-7(6)16(19)20/h2-3,17-18H,4-5H2,1H3,(H,14,15). The average Bonchev–Trinajstić information content (AvgIpc) is 2.35. The van der Waals surface area contributed by atoms with Crippen molar-refractivity contribution in [3.8, 4) is 0 Å². The number of anilines is 1. The zero-order chi connectivity index (χ0) is 15.6. The van der Waals surface area contributed by atoms with Gasteiger partial charge in [0.2, 0.25) is 0 Å². The van der Waals surface area contributed by atoms with E-state index in [1.165, 1.54) is 6.92 Å². The molecule has 0 aliphatic carbocycles. The zero-order valence-corrected chi connectivity index (χ0v) is 10.3. The maximum Gasteiger partial charge on any atom is 0.433 e. The molecule has 0 radical (unpaired) electrons. The number of hydrogen-bond donors (Lipinski definition) is 3. The van der Waals surface area contributed by atoms with Crippen LogP contribution in [-0.2, 0) is 6.18 Å². The molecule has 0 aromatic carbocycles. The summed E-state index contributed by atoms with van der Waals surface area (Å²) in [5.41, 5.74) is -4.03. The second kappa shape index (κ2) is 5.59. The van der Waals surface area contributed by atoms with E-state index in [4.69, 9.17) is 5.11 Å². The molecule has 0 amide bonds. The van der Waals surface area contributed by atoms with E-state index < -0.39 is 40.4 Å². The summed E-state index contributed by atoms with van der Waals surface area (Å²) in [4.78, 5) is 12.8. The van der Waals surface area contributed by atoms with Crippen LogP contribution in [0.3, 0.4) is 0 Å². The molecular formula is C10H12F3N3O4. The van der Waals surface area contributed by atoms with Crippen LogP contribution in [0.25, 0.3) is 0 Å². The van der Waals surface area contributed by atoms with Gasteiger partial charge in [0.05, 0.1) is 11.5 Å². The molecule has 1 aromatic rings. The van der Waals surface area contributed by atoms with Crippen LogP contribution in [0.15, 0.2) is 12.3 Å². The predicted octanol–water partition coefficient (Wildman–Crippen LogP) is 1.16. The quantitative estimate of drug-likeness (QED) is 0.555. The fourth-order valence-corrected chi connectivity index (χ4v) is 1.23. The summed E-state index contributed by atoms with van der Waals surface area (Å²) >= 11 is 0. The lowest BCUT2D eigenvalue weighted by molar-refractivity contribution is -0.384. The number of halogens is 3. The van der Waals surface area contributed by atoms with E-state index >= 15 is 0 Å². The van der Waals surface area contributed by atoms with E-state index in [-0.39, 0.29) is 6.54 Å². The second-order valence-corrected chi connectivity index (χ2v) is 4.35. The molecule has 112 valence electrons. The lowest BCUT2D eigenvalue weighted by atomic mass is 10.1. The Kier molecular flexibility index (Phi) is 4.50. The van der Waals surface area contributed by atoms with Crippen molar-refractivity contribution in [2.24, 2.45) is 0 Å². The van der Waals surface area contributed by atoms with Crippen molar-refractivity contribution < 1.29 is 28.3 Å². The smallest absolute Gasteiger partial charge is 0.393 e. The first-order valence-electron chi connectivity index (χ1n) is 5.35. The molecule has 0 spiro atoms. The number of nitro groups is 1. The average molecular weight is 295 g/mol. The van der Waals surface area contributed by atoms with Crippen LogP contribution in [0.4, 0.5) is 24.5 Å². The molecule has 0 bridgehead atoms. The van der Waals surface area contributed by atoms with Gasteiger partial charge in [-0.3, -0.25) is 10.1 Å². The topological polar surface area (TPSA) is 109 Å². The van der Waals surface area contributed by atoms with Crippen molar-refractivity contribution in [3.63, 3.8) is 0 Å². The van der Waals surface area contributed by atoms with Crippen molar-refractivity contribution in [3.05, 3.63) is 28.1 Å². The fraction of sp³-hybridized carbons (Fsp3) is 0.500. The molecule has 0 fully saturated rings. The number of hydrogen-bond acceptors (Lipinski definition) is 6. The van der Waals surface area contributed by atoms with Crippen molar-refractivity contribution in [2.75, 3.05) is 18.5 Å². The van der Waals surface area contributed by atoms with Crippen LogP contribution in [0.2, 0.25) is 0 Å². The van der Waals surface area contributed by atoms with Crippen molar-refractivity contribution in [1.29, 1.82) is 0 Å². The first-order chi connectivity index (χ1) is 9.07. The Balaban J connectivity index is 3.10. The van der Waals surface area contributed by atoms with E-state index in [2.05, 4.69) is 10.3 Å². The normalized spacial score (nSPS) is 14.7. The molecule has 1 aromatic heterocycles. The number of aliphatic hydroxyl groups is 2. The summed E-state index contributed by atoms with van der Waals surface area (Å²) in [5, 5.41) is 31.4. The molecule has 10 heteroatoms. The van der Waals surface area contributed by atoms with Gasteiger partial charge in [-0.25, -0.2) is 4.98 Å². The number of pyridine rings is 1. The van der Waals surface area contributed by atoms with Crippen LogP contribution in [0, 0.1) is 10.1 Å². The van der Waals surface area contributed by atoms with Gasteiger partial charge >= 0.3 is 11.9 Å². The third-order valence-electron chi connectivity index (χ3n) is 2.37. The Bertz CT molecular complexity index is 505. The number of nitrogens with one attached hydrogen (secondary N) is 1. The van der Waals surface area contributed by atoms with Crippen LogP contribution >= 0.6 is 0 Å². The Morgan fingerprint density at radius 3 is 2.55 bits per heavy atom. The lowest BCUT2D eigenvalue weighted by Crippen LogP contribution is -2.37. The molecule has 0 saturated heterocycles. The number of nitrogens with zero attached hydrogens (tertiary/aromatic N) is 2. The van der Waals surface area contributed by atoms with Gasteiger partial charge in [-0.2, -0.15) is 13.2 Å². The van der Waals surface area contributed by atoms with E-state index in [1.807, 2.05) is 0 Å². The monoisotopic (exact) mass is 295 g/mol.